The molecule has 1 heterocycles. The molecule has 1 atom stereocenters. The van der Waals surface area contributed by atoms with Crippen molar-refractivity contribution in [2.45, 2.75) is 19.8 Å². The van der Waals surface area contributed by atoms with Crippen molar-refractivity contribution < 1.29 is 13.2 Å². The second-order valence-corrected chi connectivity index (χ2v) is 8.01. The number of piperidine rings is 1. The molecule has 23 heavy (non-hydrogen) atoms. The summed E-state index contributed by atoms with van der Waals surface area (Å²) in [7, 11) is -0.0988. The van der Waals surface area contributed by atoms with Gasteiger partial charge in [0.2, 0.25) is 15.9 Å². The van der Waals surface area contributed by atoms with Gasteiger partial charge in [0, 0.05) is 32.6 Å². The fourth-order valence-corrected chi connectivity index (χ4v) is 3.94. The molecule has 126 valence electrons. The van der Waals surface area contributed by atoms with Crippen LogP contribution in [0.3, 0.4) is 0 Å². The molecule has 6 heteroatoms. The maximum Gasteiger partial charge on any atom is 0.236 e. The Morgan fingerprint density at radius 2 is 1.91 bits per heavy atom. The van der Waals surface area contributed by atoms with Gasteiger partial charge in [-0.25, -0.2) is 8.42 Å². The number of carbonyl (C=O) groups is 1. The molecule has 0 radical (unpaired) electrons. The molecule has 0 N–H and O–H groups in total. The van der Waals surface area contributed by atoms with Crippen LogP contribution in [0, 0.1) is 12.8 Å². The van der Waals surface area contributed by atoms with Crippen molar-refractivity contribution >= 4 is 22.0 Å². The van der Waals surface area contributed by atoms with Gasteiger partial charge < -0.3 is 4.90 Å². The van der Waals surface area contributed by atoms with E-state index in [1.54, 1.807) is 20.2 Å². The van der Waals surface area contributed by atoms with E-state index in [0.29, 0.717) is 13.0 Å². The van der Waals surface area contributed by atoms with Gasteiger partial charge in [0.15, 0.2) is 0 Å². The lowest BCUT2D eigenvalue weighted by molar-refractivity contribution is -0.134. The Bertz CT molecular complexity index is 678. The maximum atomic E-state index is 12.5. The van der Waals surface area contributed by atoms with Crippen molar-refractivity contribution in [3.05, 3.63) is 40.8 Å². The highest BCUT2D eigenvalue weighted by molar-refractivity contribution is 7.92. The van der Waals surface area contributed by atoms with Crippen molar-refractivity contribution in [2.24, 2.45) is 5.92 Å². The quantitative estimate of drug-likeness (QED) is 0.846. The zero-order valence-electron chi connectivity index (χ0n) is 13.9. The van der Waals surface area contributed by atoms with Crippen LogP contribution in [0.1, 0.15) is 24.0 Å². The third-order valence-electron chi connectivity index (χ3n) is 4.04. The van der Waals surface area contributed by atoms with Crippen molar-refractivity contribution in [2.75, 3.05) is 27.2 Å². The zero-order chi connectivity index (χ0) is 17.0. The Balaban J connectivity index is 2.09. The molecule has 1 aromatic carbocycles. The summed E-state index contributed by atoms with van der Waals surface area (Å²) in [4.78, 5) is 13.6. The zero-order valence-corrected chi connectivity index (χ0v) is 14.7. The summed E-state index contributed by atoms with van der Waals surface area (Å²) in [5.74, 6) is -0.256. The van der Waals surface area contributed by atoms with E-state index in [1.807, 2.05) is 31.2 Å². The van der Waals surface area contributed by atoms with Crippen LogP contribution in [0.25, 0.3) is 6.08 Å². The molecule has 2 rings (SSSR count). The Labute approximate surface area is 138 Å². The molecule has 0 aliphatic carbocycles. The SMILES string of the molecule is Cc1ccc(C=CS(=O)(=O)N2CCCC(C(=O)N(C)C)C2)cc1. The van der Waals surface area contributed by atoms with Crippen LogP contribution in [0.5, 0.6) is 0 Å². The lowest BCUT2D eigenvalue weighted by atomic mass is 9.98. The summed E-state index contributed by atoms with van der Waals surface area (Å²) in [5.41, 5.74) is 1.98. The van der Waals surface area contributed by atoms with Crippen molar-refractivity contribution in [1.82, 2.24) is 9.21 Å². The average molecular weight is 336 g/mol. The first-order valence-corrected chi connectivity index (χ1v) is 9.26. The molecule has 1 aliphatic heterocycles. The lowest BCUT2D eigenvalue weighted by Crippen LogP contribution is -2.44. The van der Waals surface area contributed by atoms with E-state index in [-0.39, 0.29) is 18.4 Å². The minimum Gasteiger partial charge on any atom is -0.349 e. The second kappa shape index (κ2) is 7.27. The first kappa shape index (κ1) is 17.7. The van der Waals surface area contributed by atoms with E-state index in [2.05, 4.69) is 0 Å². The molecule has 1 aliphatic rings. The molecule has 0 aromatic heterocycles. The Hall–Kier alpha value is -1.66. The first-order chi connectivity index (χ1) is 10.8. The summed E-state index contributed by atoms with van der Waals surface area (Å²) < 4.78 is 26.4. The molecule has 1 aromatic rings. The van der Waals surface area contributed by atoms with Crippen LogP contribution in [-0.2, 0) is 14.8 Å². The monoisotopic (exact) mass is 336 g/mol. The standard InChI is InChI=1S/C17H24N2O3S/c1-14-6-8-15(9-7-14)10-12-23(21,22)19-11-4-5-16(13-19)17(20)18(2)3/h6-10,12,16H,4-5,11,13H2,1-3H3. The second-order valence-electron chi connectivity index (χ2n) is 6.19. The molecule has 0 spiro atoms. The lowest BCUT2D eigenvalue weighted by Gasteiger charge is -2.31. The van der Waals surface area contributed by atoms with E-state index >= 15 is 0 Å². The number of benzene rings is 1. The highest BCUT2D eigenvalue weighted by Crippen LogP contribution is 2.21. The number of aryl methyl sites for hydroxylation is 1. The van der Waals surface area contributed by atoms with E-state index < -0.39 is 10.0 Å². The topological polar surface area (TPSA) is 57.7 Å². The fraction of sp³-hybridized carbons (Fsp3) is 0.471. The molecule has 1 fully saturated rings. The molecule has 0 bridgehead atoms. The van der Waals surface area contributed by atoms with Crippen LogP contribution >= 0.6 is 0 Å². The predicted octanol–water partition coefficient (Wildman–Crippen LogP) is 2.10. The number of sulfonamides is 1. The Kier molecular flexibility index (Phi) is 5.59. The van der Waals surface area contributed by atoms with Crippen LogP contribution in [0.2, 0.25) is 0 Å². The molecule has 0 saturated carbocycles. The molecule has 1 unspecified atom stereocenters. The van der Waals surface area contributed by atoms with Gasteiger partial charge in [0.05, 0.1) is 5.92 Å². The number of nitrogens with zero attached hydrogens (tertiary/aromatic N) is 2. The third-order valence-corrected chi connectivity index (χ3v) is 5.58. The van der Waals surface area contributed by atoms with Gasteiger partial charge in [0.25, 0.3) is 0 Å². The van der Waals surface area contributed by atoms with Gasteiger partial charge in [0.1, 0.15) is 0 Å². The maximum absolute atomic E-state index is 12.5. The largest absolute Gasteiger partial charge is 0.349 e. The molecule has 5 nitrogen and oxygen atoms in total. The first-order valence-electron chi connectivity index (χ1n) is 7.75. The van der Waals surface area contributed by atoms with Gasteiger partial charge in [-0.15, -0.1) is 0 Å². The summed E-state index contributed by atoms with van der Waals surface area (Å²) in [5, 5.41) is 1.24. The van der Waals surface area contributed by atoms with Crippen molar-refractivity contribution in [1.29, 1.82) is 0 Å². The van der Waals surface area contributed by atoms with E-state index in [1.165, 1.54) is 14.6 Å². The van der Waals surface area contributed by atoms with Crippen molar-refractivity contribution in [3.8, 4) is 0 Å². The number of rotatable bonds is 4. The number of carbonyl (C=O) groups excluding carboxylic acids is 1. The van der Waals surface area contributed by atoms with Crippen LogP contribution < -0.4 is 0 Å². The smallest absolute Gasteiger partial charge is 0.236 e. The number of hydrogen-bond acceptors (Lipinski definition) is 3. The predicted molar refractivity (Wildman–Crippen MR) is 92.1 cm³/mol. The Morgan fingerprint density at radius 1 is 1.26 bits per heavy atom. The summed E-state index contributed by atoms with van der Waals surface area (Å²) in [6.07, 6.45) is 3.05. The van der Waals surface area contributed by atoms with Gasteiger partial charge in [-0.05, 0) is 31.4 Å². The highest BCUT2D eigenvalue weighted by atomic mass is 32.2. The van der Waals surface area contributed by atoms with E-state index in [9.17, 15) is 13.2 Å². The summed E-state index contributed by atoms with van der Waals surface area (Å²) >= 11 is 0. The van der Waals surface area contributed by atoms with Crippen LogP contribution in [0.15, 0.2) is 29.7 Å². The molecular weight excluding hydrogens is 312 g/mol. The van der Waals surface area contributed by atoms with Crippen molar-refractivity contribution in [3.63, 3.8) is 0 Å². The van der Waals surface area contributed by atoms with Gasteiger partial charge >= 0.3 is 0 Å². The molecular formula is C17H24N2O3S. The summed E-state index contributed by atoms with van der Waals surface area (Å²) in [6, 6.07) is 7.66. The van der Waals surface area contributed by atoms with Gasteiger partial charge in [-0.2, -0.15) is 4.31 Å². The van der Waals surface area contributed by atoms with E-state index in [0.717, 1.165) is 17.5 Å². The molecule has 1 amide bonds. The average Bonchev–Trinajstić information content (AvgIpc) is 2.53. The van der Waals surface area contributed by atoms with Crippen LogP contribution in [-0.4, -0.2) is 50.7 Å². The highest BCUT2D eigenvalue weighted by Gasteiger charge is 2.31. The van der Waals surface area contributed by atoms with E-state index in [4.69, 9.17) is 0 Å². The minimum atomic E-state index is -3.50. The summed E-state index contributed by atoms with van der Waals surface area (Å²) in [6.45, 7) is 2.72. The fourth-order valence-electron chi connectivity index (χ4n) is 2.67. The molecule has 1 saturated heterocycles. The minimum absolute atomic E-state index is 0.00702. The third kappa shape index (κ3) is 4.65. The Morgan fingerprint density at radius 3 is 2.52 bits per heavy atom. The van der Waals surface area contributed by atoms with Crippen LogP contribution in [0.4, 0.5) is 0 Å². The van der Waals surface area contributed by atoms with Gasteiger partial charge in [-0.1, -0.05) is 29.8 Å². The number of hydrogen-bond donors (Lipinski definition) is 0. The normalized spacial score (nSPS) is 19.9. The van der Waals surface area contributed by atoms with Gasteiger partial charge in [-0.3, -0.25) is 4.79 Å². The number of amides is 1.